The number of nitrogens with zero attached hydrogens (tertiary/aromatic N) is 1. The molecule has 0 atom stereocenters. The molecule has 1 aromatic rings. The van der Waals surface area contributed by atoms with Crippen LogP contribution in [0.5, 0.6) is 5.75 Å². The molecular weight excluding hydrogens is 223 g/mol. The Morgan fingerprint density at radius 2 is 2.29 bits per heavy atom. The predicted octanol–water partition coefficient (Wildman–Crippen LogP) is 1.40. The van der Waals surface area contributed by atoms with Gasteiger partial charge in [0.05, 0.1) is 0 Å². The molecule has 5 heteroatoms. The van der Waals surface area contributed by atoms with Crippen LogP contribution >= 0.6 is 0 Å². The molecule has 0 fully saturated rings. The molecule has 0 unspecified atom stereocenters. The van der Waals surface area contributed by atoms with Gasteiger partial charge < -0.3 is 10.1 Å². The molecule has 3 rings (SSSR count). The predicted molar refractivity (Wildman–Crippen MR) is 60.2 cm³/mol. The van der Waals surface area contributed by atoms with Crippen molar-refractivity contribution in [1.29, 1.82) is 0 Å². The van der Waals surface area contributed by atoms with E-state index in [9.17, 15) is 9.18 Å². The van der Waals surface area contributed by atoms with Crippen LogP contribution in [0.15, 0.2) is 22.7 Å². The highest BCUT2D eigenvalue weighted by atomic mass is 19.1. The minimum atomic E-state index is -0.319. The van der Waals surface area contributed by atoms with Crippen LogP contribution in [0.1, 0.15) is 11.1 Å². The lowest BCUT2D eigenvalue weighted by Crippen LogP contribution is -2.37. The quantitative estimate of drug-likeness (QED) is 0.735. The second kappa shape index (κ2) is 3.41. The van der Waals surface area contributed by atoms with E-state index in [-0.39, 0.29) is 18.4 Å². The molecule has 2 aliphatic heterocycles. The van der Waals surface area contributed by atoms with Crippen molar-refractivity contribution in [3.05, 3.63) is 34.6 Å². The van der Waals surface area contributed by atoms with Crippen molar-refractivity contribution in [1.82, 2.24) is 5.32 Å². The third kappa shape index (κ3) is 1.51. The summed E-state index contributed by atoms with van der Waals surface area (Å²) < 4.78 is 18.9. The zero-order valence-corrected chi connectivity index (χ0v) is 9.08. The van der Waals surface area contributed by atoms with E-state index >= 15 is 0 Å². The SMILES string of the molecule is Cc1cc2c(cc1F)C=C1C(=O)NCN=C1O2. The topological polar surface area (TPSA) is 50.7 Å². The number of amides is 1. The van der Waals surface area contributed by atoms with Gasteiger partial charge in [0.25, 0.3) is 5.91 Å². The Labute approximate surface area is 96.8 Å². The molecule has 0 aliphatic carbocycles. The zero-order chi connectivity index (χ0) is 12.0. The number of benzene rings is 1. The zero-order valence-electron chi connectivity index (χ0n) is 9.08. The third-order valence-electron chi connectivity index (χ3n) is 2.73. The molecule has 0 saturated carbocycles. The molecule has 0 saturated heterocycles. The molecular formula is C12H9FN2O2. The van der Waals surface area contributed by atoms with Gasteiger partial charge in [-0.3, -0.25) is 4.79 Å². The lowest BCUT2D eigenvalue weighted by Gasteiger charge is -2.22. The van der Waals surface area contributed by atoms with Gasteiger partial charge in [-0.15, -0.1) is 0 Å². The van der Waals surface area contributed by atoms with Gasteiger partial charge in [-0.05, 0) is 30.7 Å². The smallest absolute Gasteiger partial charge is 0.258 e. The van der Waals surface area contributed by atoms with Crippen molar-refractivity contribution in [2.24, 2.45) is 4.99 Å². The van der Waals surface area contributed by atoms with Crippen LogP contribution in [-0.2, 0) is 4.79 Å². The Balaban J connectivity index is 2.18. The number of carbonyl (C=O) groups excluding carboxylic acids is 1. The summed E-state index contributed by atoms with van der Waals surface area (Å²) in [6.07, 6.45) is 1.59. The molecule has 0 aromatic heterocycles. The van der Waals surface area contributed by atoms with Gasteiger partial charge in [-0.2, -0.15) is 0 Å². The summed E-state index contributed by atoms with van der Waals surface area (Å²) in [5.74, 6) is 0.260. The van der Waals surface area contributed by atoms with Crippen LogP contribution in [0.3, 0.4) is 0 Å². The Morgan fingerprint density at radius 3 is 3.12 bits per heavy atom. The Morgan fingerprint density at radius 1 is 1.47 bits per heavy atom. The molecule has 2 heterocycles. The Bertz CT molecular complexity index is 590. The number of aryl methyl sites for hydroxylation is 1. The standard InChI is InChI=1S/C12H9FN2O2/c1-6-2-10-7(4-9(6)13)3-8-11(16)14-5-15-12(8)17-10/h2-4H,5H2,1H3,(H,14,16). The monoisotopic (exact) mass is 232 g/mol. The van der Waals surface area contributed by atoms with Gasteiger partial charge in [-0.1, -0.05) is 0 Å². The summed E-state index contributed by atoms with van der Waals surface area (Å²) in [6, 6.07) is 2.96. The number of halogens is 1. The number of carbonyl (C=O) groups is 1. The van der Waals surface area contributed by atoms with Gasteiger partial charge in [0, 0.05) is 5.56 Å². The number of hydrogen-bond donors (Lipinski definition) is 1. The number of rotatable bonds is 0. The molecule has 1 aromatic carbocycles. The molecule has 17 heavy (non-hydrogen) atoms. The van der Waals surface area contributed by atoms with Gasteiger partial charge in [0.1, 0.15) is 23.8 Å². The van der Waals surface area contributed by atoms with E-state index in [1.54, 1.807) is 19.1 Å². The van der Waals surface area contributed by atoms with Crippen LogP contribution in [0, 0.1) is 12.7 Å². The van der Waals surface area contributed by atoms with Crippen LogP contribution < -0.4 is 10.1 Å². The number of hydrogen-bond acceptors (Lipinski definition) is 3. The minimum absolute atomic E-state index is 0.209. The van der Waals surface area contributed by atoms with E-state index < -0.39 is 0 Å². The summed E-state index contributed by atoms with van der Waals surface area (Å²) in [4.78, 5) is 15.6. The van der Waals surface area contributed by atoms with Crippen molar-refractivity contribution >= 4 is 17.9 Å². The molecule has 1 N–H and O–H groups in total. The maximum atomic E-state index is 13.4. The first-order valence-electron chi connectivity index (χ1n) is 5.18. The van der Waals surface area contributed by atoms with Gasteiger partial charge in [-0.25, -0.2) is 9.38 Å². The van der Waals surface area contributed by atoms with Crippen LogP contribution in [0.25, 0.3) is 6.08 Å². The first-order valence-corrected chi connectivity index (χ1v) is 5.18. The number of aliphatic imine (C=N–C) groups is 1. The van der Waals surface area contributed by atoms with Crippen molar-refractivity contribution in [2.75, 3.05) is 6.67 Å². The maximum absolute atomic E-state index is 13.4. The summed E-state index contributed by atoms with van der Waals surface area (Å²) in [6.45, 7) is 1.87. The van der Waals surface area contributed by atoms with Crippen LogP contribution in [-0.4, -0.2) is 18.5 Å². The normalized spacial score (nSPS) is 17.2. The summed E-state index contributed by atoms with van der Waals surface area (Å²) in [5, 5.41) is 2.57. The average Bonchev–Trinajstić information content (AvgIpc) is 2.29. The first kappa shape index (κ1) is 10.0. The van der Waals surface area contributed by atoms with Gasteiger partial charge in [0.2, 0.25) is 5.90 Å². The van der Waals surface area contributed by atoms with Crippen molar-refractivity contribution in [2.45, 2.75) is 6.92 Å². The second-order valence-corrected chi connectivity index (χ2v) is 3.93. The lowest BCUT2D eigenvalue weighted by molar-refractivity contribution is -0.117. The third-order valence-corrected chi connectivity index (χ3v) is 2.73. The molecule has 86 valence electrons. The van der Waals surface area contributed by atoms with E-state index in [1.165, 1.54) is 6.07 Å². The number of nitrogens with one attached hydrogen (secondary N) is 1. The first-order chi connectivity index (χ1) is 8.15. The number of fused-ring (bicyclic) bond motifs is 2. The van der Waals surface area contributed by atoms with E-state index in [1.807, 2.05) is 0 Å². The highest BCUT2D eigenvalue weighted by molar-refractivity contribution is 6.24. The highest BCUT2D eigenvalue weighted by Gasteiger charge is 2.27. The van der Waals surface area contributed by atoms with Crippen LogP contribution in [0.2, 0.25) is 0 Å². The Hall–Kier alpha value is -2.17. The Kier molecular flexibility index (Phi) is 2.01. The lowest BCUT2D eigenvalue weighted by atomic mass is 10.0. The van der Waals surface area contributed by atoms with Crippen molar-refractivity contribution in [3.8, 4) is 5.75 Å². The van der Waals surface area contributed by atoms with Crippen LogP contribution in [0.4, 0.5) is 4.39 Å². The molecule has 0 radical (unpaired) electrons. The van der Waals surface area contributed by atoms with Crippen molar-refractivity contribution in [3.63, 3.8) is 0 Å². The molecule has 4 nitrogen and oxygen atoms in total. The maximum Gasteiger partial charge on any atom is 0.258 e. The minimum Gasteiger partial charge on any atom is -0.438 e. The van der Waals surface area contributed by atoms with Gasteiger partial charge in [0.15, 0.2) is 0 Å². The summed E-state index contributed by atoms with van der Waals surface area (Å²) in [7, 11) is 0. The second-order valence-electron chi connectivity index (χ2n) is 3.93. The van der Waals surface area contributed by atoms with E-state index in [0.29, 0.717) is 28.3 Å². The highest BCUT2D eigenvalue weighted by Crippen LogP contribution is 2.30. The number of ether oxygens (including phenoxy) is 1. The fourth-order valence-corrected chi connectivity index (χ4v) is 1.81. The molecule has 1 amide bonds. The van der Waals surface area contributed by atoms with Gasteiger partial charge >= 0.3 is 0 Å². The molecule has 0 bridgehead atoms. The summed E-state index contributed by atoms with van der Waals surface area (Å²) >= 11 is 0. The fraction of sp³-hybridized carbons (Fsp3) is 0.167. The molecule has 2 aliphatic rings. The van der Waals surface area contributed by atoms with Crippen molar-refractivity contribution < 1.29 is 13.9 Å². The fourth-order valence-electron chi connectivity index (χ4n) is 1.81. The molecule has 0 spiro atoms. The van der Waals surface area contributed by atoms with E-state index in [2.05, 4.69) is 10.3 Å². The van der Waals surface area contributed by atoms with E-state index in [4.69, 9.17) is 4.74 Å². The van der Waals surface area contributed by atoms with E-state index in [0.717, 1.165) is 0 Å². The average molecular weight is 232 g/mol. The summed E-state index contributed by atoms with van der Waals surface area (Å²) in [5.41, 5.74) is 1.40. The largest absolute Gasteiger partial charge is 0.438 e.